The number of hydrogen-bond acceptors (Lipinski definition) is 7. The van der Waals surface area contributed by atoms with E-state index in [2.05, 4.69) is 25.1 Å². The zero-order chi connectivity index (χ0) is 16.8. The molecule has 0 N–H and O–H groups in total. The van der Waals surface area contributed by atoms with Gasteiger partial charge in [-0.2, -0.15) is 0 Å². The molecule has 0 aliphatic heterocycles. The Morgan fingerprint density at radius 2 is 2.08 bits per heavy atom. The van der Waals surface area contributed by atoms with Crippen LogP contribution in [0.4, 0.5) is 0 Å². The highest BCUT2D eigenvalue weighted by Gasteiger charge is 2.20. The van der Waals surface area contributed by atoms with Crippen molar-refractivity contribution in [2.24, 2.45) is 0 Å². The summed E-state index contributed by atoms with van der Waals surface area (Å²) < 4.78 is 11.1. The Balaban J connectivity index is 1.73. The molecule has 0 spiro atoms. The normalized spacial score (nSPS) is 12.5. The lowest BCUT2D eigenvalue weighted by atomic mass is 10.1. The van der Waals surface area contributed by atoms with Crippen molar-refractivity contribution in [1.82, 2.24) is 25.1 Å². The van der Waals surface area contributed by atoms with Gasteiger partial charge in [0.1, 0.15) is 0 Å². The van der Waals surface area contributed by atoms with Crippen LogP contribution in [0.3, 0.4) is 0 Å². The number of methoxy groups -OCH3 is 1. The molecule has 0 unspecified atom stereocenters. The van der Waals surface area contributed by atoms with Crippen LogP contribution in [0.2, 0.25) is 0 Å². The highest BCUT2D eigenvalue weighted by molar-refractivity contribution is 5.49. The van der Waals surface area contributed by atoms with Gasteiger partial charge in [0.15, 0.2) is 0 Å². The first-order valence-electron chi connectivity index (χ1n) is 7.61. The van der Waals surface area contributed by atoms with Crippen LogP contribution in [0.25, 0.3) is 11.5 Å². The zero-order valence-electron chi connectivity index (χ0n) is 13.7. The van der Waals surface area contributed by atoms with E-state index in [-0.39, 0.29) is 6.04 Å². The molecular weight excluding hydrogens is 306 g/mol. The third-order valence-electron chi connectivity index (χ3n) is 3.65. The van der Waals surface area contributed by atoms with Gasteiger partial charge in [0, 0.05) is 25.7 Å². The number of aromatic nitrogens is 4. The fourth-order valence-corrected chi connectivity index (χ4v) is 2.42. The van der Waals surface area contributed by atoms with Crippen LogP contribution in [0.5, 0.6) is 0 Å². The fourth-order valence-electron chi connectivity index (χ4n) is 2.42. The summed E-state index contributed by atoms with van der Waals surface area (Å²) >= 11 is 0. The van der Waals surface area contributed by atoms with Gasteiger partial charge in [-0.3, -0.25) is 14.9 Å². The zero-order valence-corrected chi connectivity index (χ0v) is 13.7. The topological polar surface area (TPSA) is 77.2 Å². The van der Waals surface area contributed by atoms with Crippen LogP contribution in [-0.4, -0.2) is 45.8 Å². The standard InChI is InChI=1S/C17H19N5O2/c1-22(15(12-23-2)14-7-3-4-9-19-14)11-16-20-21-17(24-16)13-6-5-8-18-10-13/h3-10,15H,11-12H2,1-2H3/t15-/m1/s1. The number of pyridine rings is 2. The van der Waals surface area contributed by atoms with Crippen LogP contribution < -0.4 is 0 Å². The molecule has 3 aromatic heterocycles. The van der Waals surface area contributed by atoms with Crippen molar-refractivity contribution in [3.05, 3.63) is 60.5 Å². The molecular formula is C17H19N5O2. The Bertz CT molecular complexity index is 748. The average molecular weight is 325 g/mol. The molecule has 24 heavy (non-hydrogen) atoms. The Morgan fingerprint density at radius 3 is 2.79 bits per heavy atom. The van der Waals surface area contributed by atoms with Crippen molar-refractivity contribution in [1.29, 1.82) is 0 Å². The average Bonchev–Trinajstić information content (AvgIpc) is 3.09. The Kier molecular flexibility index (Phi) is 5.25. The van der Waals surface area contributed by atoms with Gasteiger partial charge in [0.05, 0.1) is 30.5 Å². The lowest BCUT2D eigenvalue weighted by Gasteiger charge is -2.25. The third kappa shape index (κ3) is 3.81. The molecule has 7 nitrogen and oxygen atoms in total. The molecule has 0 saturated carbocycles. The minimum absolute atomic E-state index is 0.00458. The highest BCUT2D eigenvalue weighted by Crippen LogP contribution is 2.21. The van der Waals surface area contributed by atoms with Gasteiger partial charge >= 0.3 is 0 Å². The van der Waals surface area contributed by atoms with E-state index in [4.69, 9.17) is 9.15 Å². The minimum Gasteiger partial charge on any atom is -0.419 e. The lowest BCUT2D eigenvalue weighted by Crippen LogP contribution is -2.28. The molecule has 3 aromatic rings. The molecule has 0 radical (unpaired) electrons. The predicted molar refractivity (Wildman–Crippen MR) is 87.9 cm³/mol. The molecule has 0 aliphatic carbocycles. The second-order valence-electron chi connectivity index (χ2n) is 5.38. The maximum Gasteiger partial charge on any atom is 0.249 e. The van der Waals surface area contributed by atoms with Crippen LogP contribution in [0.15, 0.2) is 53.3 Å². The SMILES string of the molecule is COC[C@H](c1ccccn1)N(C)Cc1nnc(-c2cccnc2)o1. The molecule has 3 heterocycles. The van der Waals surface area contributed by atoms with Gasteiger partial charge in [-0.25, -0.2) is 0 Å². The number of ether oxygens (including phenoxy) is 1. The summed E-state index contributed by atoms with van der Waals surface area (Å²) in [5.41, 5.74) is 1.74. The van der Waals surface area contributed by atoms with Crippen LogP contribution in [0.1, 0.15) is 17.6 Å². The summed E-state index contributed by atoms with van der Waals surface area (Å²) in [6.07, 6.45) is 5.18. The van der Waals surface area contributed by atoms with Gasteiger partial charge in [-0.15, -0.1) is 10.2 Å². The molecule has 0 aliphatic rings. The quantitative estimate of drug-likeness (QED) is 0.660. The van der Waals surface area contributed by atoms with Crippen LogP contribution in [0, 0.1) is 0 Å². The first-order valence-corrected chi connectivity index (χ1v) is 7.61. The van der Waals surface area contributed by atoms with E-state index in [0.29, 0.717) is 24.9 Å². The van der Waals surface area contributed by atoms with Gasteiger partial charge in [0.25, 0.3) is 0 Å². The Morgan fingerprint density at radius 1 is 1.17 bits per heavy atom. The Labute approximate surface area is 140 Å². The summed E-state index contributed by atoms with van der Waals surface area (Å²) in [6, 6.07) is 9.56. The molecule has 0 aromatic carbocycles. The molecule has 7 heteroatoms. The summed E-state index contributed by atoms with van der Waals surface area (Å²) in [5, 5.41) is 8.21. The molecule has 124 valence electrons. The molecule has 3 rings (SSSR count). The Hall–Kier alpha value is -2.64. The van der Waals surface area contributed by atoms with Crippen molar-refractivity contribution >= 4 is 0 Å². The smallest absolute Gasteiger partial charge is 0.249 e. The molecule has 0 saturated heterocycles. The first-order chi connectivity index (χ1) is 11.8. The second kappa shape index (κ2) is 7.76. The minimum atomic E-state index is 0.00458. The monoisotopic (exact) mass is 325 g/mol. The van der Waals surface area contributed by atoms with E-state index in [1.807, 2.05) is 37.4 Å². The lowest BCUT2D eigenvalue weighted by molar-refractivity contribution is 0.0949. The fraction of sp³-hybridized carbons (Fsp3) is 0.294. The van der Waals surface area contributed by atoms with Gasteiger partial charge in [-0.1, -0.05) is 6.07 Å². The maximum atomic E-state index is 5.74. The van der Waals surface area contributed by atoms with E-state index in [1.54, 1.807) is 25.7 Å². The van der Waals surface area contributed by atoms with Crippen LogP contribution in [-0.2, 0) is 11.3 Å². The van der Waals surface area contributed by atoms with Gasteiger partial charge in [-0.05, 0) is 31.3 Å². The van der Waals surface area contributed by atoms with Crippen molar-refractivity contribution in [3.8, 4) is 11.5 Å². The molecule has 0 amide bonds. The van der Waals surface area contributed by atoms with E-state index < -0.39 is 0 Å². The van der Waals surface area contributed by atoms with Crippen LogP contribution >= 0.6 is 0 Å². The van der Waals surface area contributed by atoms with Crippen molar-refractivity contribution in [2.75, 3.05) is 20.8 Å². The molecule has 1 atom stereocenters. The number of nitrogens with zero attached hydrogens (tertiary/aromatic N) is 5. The highest BCUT2D eigenvalue weighted by atomic mass is 16.5. The van der Waals surface area contributed by atoms with E-state index in [0.717, 1.165) is 11.3 Å². The van der Waals surface area contributed by atoms with Gasteiger partial charge in [0.2, 0.25) is 11.8 Å². The van der Waals surface area contributed by atoms with Gasteiger partial charge < -0.3 is 9.15 Å². The second-order valence-corrected chi connectivity index (χ2v) is 5.38. The maximum absolute atomic E-state index is 5.74. The van der Waals surface area contributed by atoms with Crippen molar-refractivity contribution in [3.63, 3.8) is 0 Å². The van der Waals surface area contributed by atoms with E-state index >= 15 is 0 Å². The summed E-state index contributed by atoms with van der Waals surface area (Å²) in [7, 11) is 3.66. The van der Waals surface area contributed by atoms with E-state index in [9.17, 15) is 0 Å². The summed E-state index contributed by atoms with van der Waals surface area (Å²) in [5.74, 6) is 1.00. The molecule has 0 fully saturated rings. The number of likely N-dealkylation sites (N-methyl/N-ethyl adjacent to an activating group) is 1. The predicted octanol–water partition coefficient (Wildman–Crippen LogP) is 2.35. The number of rotatable bonds is 7. The van der Waals surface area contributed by atoms with Crippen molar-refractivity contribution < 1.29 is 9.15 Å². The summed E-state index contributed by atoms with van der Waals surface area (Å²) in [6.45, 7) is 1.02. The largest absolute Gasteiger partial charge is 0.419 e. The molecule has 0 bridgehead atoms. The number of hydrogen-bond donors (Lipinski definition) is 0. The first kappa shape index (κ1) is 16.2. The van der Waals surface area contributed by atoms with Crippen molar-refractivity contribution in [2.45, 2.75) is 12.6 Å². The summed E-state index contributed by atoms with van der Waals surface area (Å²) in [4.78, 5) is 10.6. The third-order valence-corrected chi connectivity index (χ3v) is 3.65. The van der Waals surface area contributed by atoms with E-state index in [1.165, 1.54) is 0 Å².